The molecule has 0 bridgehead atoms. The van der Waals surface area contributed by atoms with Crippen LogP contribution in [-0.4, -0.2) is 26.7 Å². The minimum Gasteiger partial charge on any atom is -0.426 e. The van der Waals surface area contributed by atoms with Crippen molar-refractivity contribution in [3.63, 3.8) is 0 Å². The molecule has 0 fully saturated rings. The van der Waals surface area contributed by atoms with E-state index < -0.39 is 16.0 Å². The molecule has 0 aliphatic heterocycles. The summed E-state index contributed by atoms with van der Waals surface area (Å²) in [5.41, 5.74) is 1.06. The van der Waals surface area contributed by atoms with Crippen LogP contribution < -0.4 is 9.46 Å². The first-order chi connectivity index (χ1) is 8.93. The van der Waals surface area contributed by atoms with Crippen molar-refractivity contribution in [2.24, 2.45) is 0 Å². The van der Waals surface area contributed by atoms with E-state index in [1.807, 2.05) is 26.0 Å². The Morgan fingerprint density at radius 2 is 1.89 bits per heavy atom. The Labute approximate surface area is 114 Å². The predicted octanol–water partition coefficient (Wildman–Crippen LogP) is 1.62. The molecule has 1 N–H and O–H groups in total. The zero-order chi connectivity index (χ0) is 14.3. The first-order valence-corrected chi connectivity index (χ1v) is 7.83. The molecule has 6 heteroatoms. The molecule has 19 heavy (non-hydrogen) atoms. The van der Waals surface area contributed by atoms with E-state index in [9.17, 15) is 13.2 Å². The van der Waals surface area contributed by atoms with Gasteiger partial charge in [0.25, 0.3) is 0 Å². The second-order valence-electron chi connectivity index (χ2n) is 4.28. The van der Waals surface area contributed by atoms with E-state index in [4.69, 9.17) is 4.74 Å². The third kappa shape index (κ3) is 6.35. The summed E-state index contributed by atoms with van der Waals surface area (Å²) in [4.78, 5) is 11.5. The van der Waals surface area contributed by atoms with Crippen LogP contribution >= 0.6 is 0 Å². The normalized spacial score (nSPS) is 11.3. The van der Waals surface area contributed by atoms with Crippen molar-refractivity contribution in [2.45, 2.75) is 26.7 Å². The minimum absolute atomic E-state index is 0.0291. The predicted molar refractivity (Wildman–Crippen MR) is 73.5 cm³/mol. The zero-order valence-corrected chi connectivity index (χ0v) is 12.0. The molecule has 0 saturated heterocycles. The summed E-state index contributed by atoms with van der Waals surface area (Å²) in [5.74, 6) is -0.186. The molecule has 0 unspecified atom stereocenters. The summed E-state index contributed by atoms with van der Waals surface area (Å²) >= 11 is 0. The summed E-state index contributed by atoms with van der Waals surface area (Å²) in [6.07, 6.45) is 1.36. The molecule has 0 aliphatic rings. The Balaban J connectivity index is 2.41. The average Bonchev–Trinajstić information content (AvgIpc) is 2.37. The number of hydrogen-bond donors (Lipinski definition) is 1. The Morgan fingerprint density at radius 1 is 1.26 bits per heavy atom. The molecule has 1 aromatic carbocycles. The number of carbonyl (C=O) groups excluding carboxylic acids is 1. The molecule has 0 atom stereocenters. The number of unbranched alkanes of at least 4 members (excludes halogenated alkanes) is 1. The van der Waals surface area contributed by atoms with Gasteiger partial charge in [0, 0.05) is 0 Å². The maximum absolute atomic E-state index is 11.5. The maximum Gasteiger partial charge on any atom is 0.326 e. The lowest BCUT2D eigenvalue weighted by molar-refractivity contribution is -0.133. The average molecular weight is 285 g/mol. The monoisotopic (exact) mass is 285 g/mol. The molecule has 0 saturated carbocycles. The van der Waals surface area contributed by atoms with E-state index in [1.54, 1.807) is 12.1 Å². The number of esters is 1. The van der Waals surface area contributed by atoms with Crippen molar-refractivity contribution < 1.29 is 17.9 Å². The van der Waals surface area contributed by atoms with Crippen molar-refractivity contribution >= 4 is 16.0 Å². The molecule has 0 spiro atoms. The fraction of sp³-hybridized carbons (Fsp3) is 0.462. The van der Waals surface area contributed by atoms with Crippen LogP contribution in [0.5, 0.6) is 5.75 Å². The standard InChI is InChI=1S/C13H19NO4S/c1-3-4-9-19(16,17)14-10-13(15)18-12-7-5-11(2)6-8-12/h5-8,14H,3-4,9-10H2,1-2H3. The first-order valence-electron chi connectivity index (χ1n) is 6.17. The Hall–Kier alpha value is -1.40. The lowest BCUT2D eigenvalue weighted by Gasteiger charge is -2.07. The molecule has 1 aromatic rings. The Bertz CT molecular complexity index is 508. The number of nitrogens with one attached hydrogen (secondary N) is 1. The largest absolute Gasteiger partial charge is 0.426 e. The number of aryl methyl sites for hydroxylation is 1. The summed E-state index contributed by atoms with van der Waals surface area (Å²) in [5, 5.41) is 0. The van der Waals surface area contributed by atoms with E-state index in [1.165, 1.54) is 0 Å². The van der Waals surface area contributed by atoms with Crippen molar-refractivity contribution in [3.05, 3.63) is 29.8 Å². The highest BCUT2D eigenvalue weighted by Crippen LogP contribution is 2.11. The molecule has 1 rings (SSSR count). The van der Waals surface area contributed by atoms with Crippen molar-refractivity contribution in [1.29, 1.82) is 0 Å². The van der Waals surface area contributed by atoms with Crippen molar-refractivity contribution in [1.82, 2.24) is 4.72 Å². The summed E-state index contributed by atoms with van der Waals surface area (Å²) in [6, 6.07) is 6.96. The number of rotatable bonds is 7. The van der Waals surface area contributed by atoms with Crippen molar-refractivity contribution in [3.8, 4) is 5.75 Å². The fourth-order valence-electron chi connectivity index (χ4n) is 1.35. The van der Waals surface area contributed by atoms with Crippen LogP contribution in [0.3, 0.4) is 0 Å². The van der Waals surface area contributed by atoms with Gasteiger partial charge in [0.05, 0.1) is 5.75 Å². The molecule has 0 aliphatic carbocycles. The van der Waals surface area contributed by atoms with Gasteiger partial charge in [-0.15, -0.1) is 0 Å². The molecule has 0 amide bonds. The highest BCUT2D eigenvalue weighted by molar-refractivity contribution is 7.89. The van der Waals surface area contributed by atoms with Crippen LogP contribution in [0.1, 0.15) is 25.3 Å². The number of benzene rings is 1. The smallest absolute Gasteiger partial charge is 0.326 e. The van der Waals surface area contributed by atoms with Crippen LogP contribution in [0.15, 0.2) is 24.3 Å². The van der Waals surface area contributed by atoms with Crippen molar-refractivity contribution in [2.75, 3.05) is 12.3 Å². The van der Waals surface area contributed by atoms with E-state index in [-0.39, 0.29) is 12.3 Å². The number of carbonyl (C=O) groups is 1. The second-order valence-corrected chi connectivity index (χ2v) is 6.21. The zero-order valence-electron chi connectivity index (χ0n) is 11.2. The van der Waals surface area contributed by atoms with Gasteiger partial charge in [-0.05, 0) is 25.5 Å². The van der Waals surface area contributed by atoms with Crippen LogP contribution in [0, 0.1) is 6.92 Å². The van der Waals surface area contributed by atoms with Gasteiger partial charge in [-0.3, -0.25) is 4.79 Å². The lowest BCUT2D eigenvalue weighted by atomic mass is 10.2. The van der Waals surface area contributed by atoms with E-state index in [0.717, 1.165) is 12.0 Å². The maximum atomic E-state index is 11.5. The topological polar surface area (TPSA) is 72.5 Å². The summed E-state index contributed by atoms with van der Waals surface area (Å²) in [7, 11) is -3.39. The highest BCUT2D eigenvalue weighted by Gasteiger charge is 2.12. The van der Waals surface area contributed by atoms with E-state index in [0.29, 0.717) is 12.2 Å². The minimum atomic E-state index is -3.39. The third-order valence-electron chi connectivity index (χ3n) is 2.46. The summed E-state index contributed by atoms with van der Waals surface area (Å²) < 4.78 is 30.2. The number of ether oxygens (including phenoxy) is 1. The quantitative estimate of drug-likeness (QED) is 0.610. The molecule has 0 radical (unpaired) electrons. The van der Waals surface area contributed by atoms with Gasteiger partial charge in [-0.1, -0.05) is 31.0 Å². The van der Waals surface area contributed by atoms with E-state index in [2.05, 4.69) is 4.72 Å². The van der Waals surface area contributed by atoms with Gasteiger partial charge in [-0.25, -0.2) is 13.1 Å². The van der Waals surface area contributed by atoms with E-state index >= 15 is 0 Å². The second kappa shape index (κ2) is 7.25. The van der Waals surface area contributed by atoms with Gasteiger partial charge in [0.15, 0.2) is 0 Å². The SMILES string of the molecule is CCCCS(=O)(=O)NCC(=O)Oc1ccc(C)cc1. The van der Waals surface area contributed by atoms with Gasteiger partial charge in [-0.2, -0.15) is 0 Å². The van der Waals surface area contributed by atoms with Crippen LogP contribution in [0.2, 0.25) is 0 Å². The van der Waals surface area contributed by atoms with Crippen LogP contribution in [0.4, 0.5) is 0 Å². The Kier molecular flexibility index (Phi) is 5.98. The van der Waals surface area contributed by atoms with Gasteiger partial charge in [0.1, 0.15) is 12.3 Å². The molecule has 0 aromatic heterocycles. The first kappa shape index (κ1) is 15.7. The lowest BCUT2D eigenvalue weighted by Crippen LogP contribution is -2.33. The summed E-state index contributed by atoms with van der Waals surface area (Å²) in [6.45, 7) is 3.48. The van der Waals surface area contributed by atoms with Crippen LogP contribution in [-0.2, 0) is 14.8 Å². The Morgan fingerprint density at radius 3 is 2.47 bits per heavy atom. The molecular weight excluding hydrogens is 266 g/mol. The van der Waals surface area contributed by atoms with Gasteiger partial charge >= 0.3 is 5.97 Å². The molecule has 106 valence electrons. The van der Waals surface area contributed by atoms with Gasteiger partial charge < -0.3 is 4.74 Å². The highest BCUT2D eigenvalue weighted by atomic mass is 32.2. The molecule has 5 nitrogen and oxygen atoms in total. The van der Waals surface area contributed by atoms with Crippen LogP contribution in [0.25, 0.3) is 0 Å². The number of sulfonamides is 1. The molecule has 0 heterocycles. The fourth-order valence-corrected chi connectivity index (χ4v) is 2.50. The number of hydrogen-bond acceptors (Lipinski definition) is 4. The van der Waals surface area contributed by atoms with Gasteiger partial charge in [0.2, 0.25) is 10.0 Å². The third-order valence-corrected chi connectivity index (χ3v) is 3.87. The molecular formula is C13H19NO4S.